The molecule has 0 fully saturated rings. The number of nitrogen functional groups attached to an aromatic ring is 1. The summed E-state index contributed by atoms with van der Waals surface area (Å²) in [5.41, 5.74) is 7.92. The van der Waals surface area contributed by atoms with Gasteiger partial charge in [-0.15, -0.1) is 0 Å². The van der Waals surface area contributed by atoms with E-state index in [2.05, 4.69) is 0 Å². The molecule has 3 aromatic carbocycles. The smallest absolute Gasteiger partial charge is 0.191 e. The second-order valence-corrected chi connectivity index (χ2v) is 10.1. The lowest BCUT2D eigenvalue weighted by atomic mass is 10.1. The highest BCUT2D eigenvalue weighted by Crippen LogP contribution is 2.40. The predicted octanol–water partition coefficient (Wildman–Crippen LogP) is 7.55. The molecule has 36 heavy (non-hydrogen) atoms. The number of amidine groups is 1. The number of anilines is 2. The number of aromatic nitrogens is 1. The molecule has 1 aromatic heterocycles. The third-order valence-electron chi connectivity index (χ3n) is 5.21. The summed E-state index contributed by atoms with van der Waals surface area (Å²) in [5.74, 6) is 0.118. The molecule has 0 unspecified atom stereocenters. The number of benzene rings is 3. The van der Waals surface area contributed by atoms with Crippen LogP contribution in [0.15, 0.2) is 48.5 Å². The predicted molar refractivity (Wildman–Crippen MR) is 146 cm³/mol. The van der Waals surface area contributed by atoms with Crippen molar-refractivity contribution >= 4 is 61.4 Å². The standard InChI is InChI=1S/C26H25Cl2FN4O2S/c1-4-34-19-9-16(23(29)21(12-19)35-14(2)3)13-33(18-7-5-15(6-8-18)25(30)31)26-32-24-20(28)10-17(27)11-22(24)36-26/h5-12,14H,4,13H2,1-3H3,(H3,30,31). The van der Waals surface area contributed by atoms with Crippen LogP contribution in [0.3, 0.4) is 0 Å². The van der Waals surface area contributed by atoms with Crippen LogP contribution >= 0.6 is 34.5 Å². The molecule has 0 atom stereocenters. The first-order valence-corrected chi connectivity index (χ1v) is 12.8. The largest absolute Gasteiger partial charge is 0.494 e. The Labute approximate surface area is 222 Å². The van der Waals surface area contributed by atoms with E-state index in [9.17, 15) is 0 Å². The van der Waals surface area contributed by atoms with Crippen molar-refractivity contribution in [2.75, 3.05) is 11.5 Å². The molecule has 0 aliphatic carbocycles. The first-order valence-electron chi connectivity index (χ1n) is 11.3. The van der Waals surface area contributed by atoms with Crippen molar-refractivity contribution in [3.63, 3.8) is 0 Å². The lowest BCUT2D eigenvalue weighted by molar-refractivity contribution is 0.228. The third-order valence-corrected chi connectivity index (χ3v) is 6.74. The van der Waals surface area contributed by atoms with E-state index in [-0.39, 0.29) is 24.2 Å². The fourth-order valence-electron chi connectivity index (χ4n) is 3.65. The number of ether oxygens (including phenoxy) is 2. The Morgan fingerprint density at radius 3 is 2.53 bits per heavy atom. The molecule has 0 spiro atoms. The Kier molecular flexibility index (Phi) is 7.88. The van der Waals surface area contributed by atoms with Gasteiger partial charge in [0.05, 0.1) is 29.0 Å². The van der Waals surface area contributed by atoms with Gasteiger partial charge in [-0.3, -0.25) is 5.41 Å². The van der Waals surface area contributed by atoms with Crippen LogP contribution in [0.4, 0.5) is 15.2 Å². The van der Waals surface area contributed by atoms with E-state index in [1.54, 1.807) is 36.4 Å². The fraction of sp³-hybridized carbons (Fsp3) is 0.231. The molecule has 0 aliphatic rings. The highest BCUT2D eigenvalue weighted by Gasteiger charge is 2.22. The Morgan fingerprint density at radius 2 is 1.89 bits per heavy atom. The van der Waals surface area contributed by atoms with Crippen LogP contribution in [0.2, 0.25) is 10.0 Å². The minimum Gasteiger partial charge on any atom is -0.494 e. The monoisotopic (exact) mass is 546 g/mol. The summed E-state index contributed by atoms with van der Waals surface area (Å²) in [6.45, 7) is 6.10. The molecule has 10 heteroatoms. The first-order chi connectivity index (χ1) is 17.2. The van der Waals surface area contributed by atoms with E-state index in [0.29, 0.717) is 44.2 Å². The second-order valence-electron chi connectivity index (χ2n) is 8.27. The molecule has 6 nitrogen and oxygen atoms in total. The number of nitrogens with one attached hydrogen (secondary N) is 1. The van der Waals surface area contributed by atoms with E-state index in [1.165, 1.54) is 11.3 Å². The Bertz CT molecular complexity index is 1410. The van der Waals surface area contributed by atoms with Crippen LogP contribution in [0.25, 0.3) is 10.2 Å². The molecule has 0 aliphatic heterocycles. The van der Waals surface area contributed by atoms with Gasteiger partial charge in [0.1, 0.15) is 17.1 Å². The Morgan fingerprint density at radius 1 is 1.17 bits per heavy atom. The van der Waals surface area contributed by atoms with Gasteiger partial charge in [-0.25, -0.2) is 9.37 Å². The van der Waals surface area contributed by atoms with Crippen molar-refractivity contribution in [1.29, 1.82) is 5.41 Å². The van der Waals surface area contributed by atoms with Gasteiger partial charge in [-0.05, 0) is 63.2 Å². The van der Waals surface area contributed by atoms with Crippen molar-refractivity contribution in [3.05, 3.63) is 75.5 Å². The molecule has 0 bridgehead atoms. The molecule has 0 saturated heterocycles. The van der Waals surface area contributed by atoms with Gasteiger partial charge in [0.25, 0.3) is 0 Å². The zero-order valence-electron chi connectivity index (χ0n) is 19.9. The number of nitrogens with zero attached hydrogens (tertiary/aromatic N) is 2. The lowest BCUT2D eigenvalue weighted by Crippen LogP contribution is -2.19. The summed E-state index contributed by atoms with van der Waals surface area (Å²) in [7, 11) is 0. The molecule has 0 radical (unpaired) electrons. The van der Waals surface area contributed by atoms with Gasteiger partial charge in [0, 0.05) is 27.9 Å². The quantitative estimate of drug-likeness (QED) is 0.167. The summed E-state index contributed by atoms with van der Waals surface area (Å²) in [6.07, 6.45) is -0.212. The number of hydrogen-bond acceptors (Lipinski definition) is 6. The normalized spacial score (nSPS) is 11.2. The third kappa shape index (κ3) is 5.67. The second kappa shape index (κ2) is 10.9. The van der Waals surface area contributed by atoms with Crippen LogP contribution in [-0.4, -0.2) is 23.5 Å². The van der Waals surface area contributed by atoms with Crippen molar-refractivity contribution in [2.24, 2.45) is 5.73 Å². The number of nitrogens with two attached hydrogens (primary N) is 1. The van der Waals surface area contributed by atoms with Crippen molar-refractivity contribution in [2.45, 2.75) is 33.4 Å². The van der Waals surface area contributed by atoms with E-state index < -0.39 is 5.82 Å². The molecule has 188 valence electrons. The molecule has 0 amide bonds. The highest BCUT2D eigenvalue weighted by molar-refractivity contribution is 7.22. The SMILES string of the molecule is CCOc1cc(CN(c2ccc(C(=N)N)cc2)c2nc3c(Cl)cc(Cl)cc3s2)c(F)c(OC(C)C)c1. The molecular weight excluding hydrogens is 522 g/mol. The number of rotatable bonds is 9. The van der Waals surface area contributed by atoms with E-state index >= 15 is 4.39 Å². The average molecular weight is 547 g/mol. The van der Waals surface area contributed by atoms with Crippen LogP contribution in [0.1, 0.15) is 31.9 Å². The maximum Gasteiger partial charge on any atom is 0.191 e. The molecular formula is C26H25Cl2FN4O2S. The minimum absolute atomic E-state index is 0.0413. The van der Waals surface area contributed by atoms with Crippen LogP contribution in [0.5, 0.6) is 11.5 Å². The van der Waals surface area contributed by atoms with Gasteiger partial charge in [0.2, 0.25) is 0 Å². The molecule has 0 saturated carbocycles. The van der Waals surface area contributed by atoms with E-state index in [4.69, 9.17) is 48.8 Å². The summed E-state index contributed by atoms with van der Waals surface area (Å²) in [6, 6.07) is 13.8. The van der Waals surface area contributed by atoms with Gasteiger partial charge >= 0.3 is 0 Å². The Hall–Kier alpha value is -3.07. The van der Waals surface area contributed by atoms with Crippen molar-refractivity contribution in [1.82, 2.24) is 4.98 Å². The molecule has 4 aromatic rings. The number of halogens is 3. The van der Waals surface area contributed by atoms with Crippen LogP contribution < -0.4 is 20.1 Å². The summed E-state index contributed by atoms with van der Waals surface area (Å²) < 4.78 is 27.9. The van der Waals surface area contributed by atoms with E-state index in [0.717, 1.165) is 10.4 Å². The molecule has 4 rings (SSSR count). The summed E-state index contributed by atoms with van der Waals surface area (Å²) in [5, 5.41) is 9.23. The zero-order valence-corrected chi connectivity index (χ0v) is 22.3. The number of thiazole rings is 1. The maximum atomic E-state index is 15.6. The zero-order chi connectivity index (χ0) is 26.0. The van der Waals surface area contributed by atoms with Gasteiger partial charge in [-0.1, -0.05) is 34.5 Å². The highest BCUT2D eigenvalue weighted by atomic mass is 35.5. The maximum absolute atomic E-state index is 15.6. The fourth-order valence-corrected chi connectivity index (χ4v) is 5.36. The molecule has 3 N–H and O–H groups in total. The topological polar surface area (TPSA) is 84.5 Å². The molecule has 1 heterocycles. The van der Waals surface area contributed by atoms with Gasteiger partial charge in [-0.2, -0.15) is 0 Å². The van der Waals surface area contributed by atoms with Gasteiger partial charge < -0.3 is 20.1 Å². The average Bonchev–Trinajstić information content (AvgIpc) is 3.24. The van der Waals surface area contributed by atoms with Crippen molar-refractivity contribution < 1.29 is 13.9 Å². The summed E-state index contributed by atoms with van der Waals surface area (Å²) in [4.78, 5) is 6.61. The van der Waals surface area contributed by atoms with Crippen LogP contribution in [0, 0.1) is 11.2 Å². The first kappa shape index (κ1) is 26.0. The minimum atomic E-state index is -0.473. The van der Waals surface area contributed by atoms with E-state index in [1.807, 2.05) is 37.8 Å². The van der Waals surface area contributed by atoms with Crippen LogP contribution in [-0.2, 0) is 6.54 Å². The summed E-state index contributed by atoms with van der Waals surface area (Å²) >= 11 is 14.0. The Balaban J connectivity index is 1.84. The lowest BCUT2D eigenvalue weighted by Gasteiger charge is -2.24. The van der Waals surface area contributed by atoms with Crippen molar-refractivity contribution in [3.8, 4) is 11.5 Å². The van der Waals surface area contributed by atoms with Gasteiger partial charge in [0.15, 0.2) is 16.7 Å². The number of hydrogen-bond donors (Lipinski definition) is 2. The number of fused-ring (bicyclic) bond motifs is 1.